The summed E-state index contributed by atoms with van der Waals surface area (Å²) in [5.74, 6) is -0.692. The molecule has 1 aromatic rings. The maximum Gasteiger partial charge on any atom is 0.416 e. The fraction of sp³-hybridized carbons (Fsp3) is 0.400. The van der Waals surface area contributed by atoms with Crippen LogP contribution in [0.4, 0.5) is 18.9 Å². The lowest BCUT2D eigenvalue weighted by atomic mass is 10.1. The zero-order valence-corrected chi connectivity index (χ0v) is 10.4. The number of rotatable bonds is 4. The van der Waals surface area contributed by atoms with E-state index < -0.39 is 23.6 Å². The van der Waals surface area contributed by atoms with Crippen molar-refractivity contribution in [2.24, 2.45) is 0 Å². The third kappa shape index (κ3) is 3.83. The Hall–Kier alpha value is -0.850. The second kappa shape index (κ2) is 5.86. The molecule has 1 aromatic carbocycles. The molecule has 0 radical (unpaired) electrons. The lowest BCUT2D eigenvalue weighted by molar-refractivity contribution is -0.137. The molecule has 0 fully saturated rings. The highest BCUT2D eigenvalue weighted by Crippen LogP contribution is 2.39. The van der Waals surface area contributed by atoms with Crippen LogP contribution in [0.1, 0.15) is 5.56 Å². The minimum atomic E-state index is -4.59. The molecule has 0 bridgehead atoms. The molecule has 1 atom stereocenters. The van der Waals surface area contributed by atoms with Gasteiger partial charge in [-0.1, -0.05) is 11.6 Å². The highest BCUT2D eigenvalue weighted by atomic mass is 35.5. The first-order chi connectivity index (χ1) is 8.25. The van der Waals surface area contributed by atoms with Gasteiger partial charge in [0.1, 0.15) is 5.75 Å². The van der Waals surface area contributed by atoms with Crippen LogP contribution < -0.4 is 5.32 Å². The fourth-order valence-corrected chi connectivity index (χ4v) is 1.60. The van der Waals surface area contributed by atoms with Gasteiger partial charge in [-0.3, -0.25) is 0 Å². The normalized spacial score (nSPS) is 13.4. The topological polar surface area (TPSA) is 52.5 Å². The van der Waals surface area contributed by atoms with Gasteiger partial charge in [0.2, 0.25) is 0 Å². The lowest BCUT2D eigenvalue weighted by Gasteiger charge is -2.15. The summed E-state index contributed by atoms with van der Waals surface area (Å²) in [4.78, 5) is 0. The monoisotopic (exact) mass is 303 g/mol. The Balaban J connectivity index is 2.95. The largest absolute Gasteiger partial charge is 0.506 e. The van der Waals surface area contributed by atoms with E-state index in [0.717, 1.165) is 0 Å². The van der Waals surface area contributed by atoms with Crippen LogP contribution in [0.2, 0.25) is 5.02 Å². The number of halogens is 5. The molecular formula is C10H10Cl2F3NO2. The maximum atomic E-state index is 12.4. The fourth-order valence-electron chi connectivity index (χ4n) is 1.21. The SMILES string of the molecule is Oc1cc(C(F)(F)F)cc(Cl)c1NCC(O)CCl. The first-order valence-corrected chi connectivity index (χ1v) is 5.74. The highest BCUT2D eigenvalue weighted by molar-refractivity contribution is 6.33. The van der Waals surface area contributed by atoms with Crippen LogP contribution in [0, 0.1) is 0 Å². The van der Waals surface area contributed by atoms with Crippen molar-refractivity contribution < 1.29 is 23.4 Å². The molecule has 1 unspecified atom stereocenters. The number of aliphatic hydroxyl groups excluding tert-OH is 1. The average molecular weight is 304 g/mol. The Labute approximate surface area is 111 Å². The summed E-state index contributed by atoms with van der Waals surface area (Å²) in [6.45, 7) is -0.0395. The van der Waals surface area contributed by atoms with Gasteiger partial charge < -0.3 is 15.5 Å². The lowest BCUT2D eigenvalue weighted by Crippen LogP contribution is -2.21. The van der Waals surface area contributed by atoms with Crippen LogP contribution in [0.3, 0.4) is 0 Å². The Morgan fingerprint density at radius 3 is 2.39 bits per heavy atom. The minimum Gasteiger partial charge on any atom is -0.506 e. The molecule has 0 aliphatic rings. The minimum absolute atomic E-state index is 0.0395. The summed E-state index contributed by atoms with van der Waals surface area (Å²) in [5, 5.41) is 20.9. The van der Waals surface area contributed by atoms with Gasteiger partial charge in [-0.05, 0) is 12.1 Å². The van der Waals surface area contributed by atoms with E-state index in [4.69, 9.17) is 23.2 Å². The molecule has 0 aliphatic carbocycles. The molecule has 0 saturated heterocycles. The summed E-state index contributed by atoms with van der Waals surface area (Å²) in [7, 11) is 0. The zero-order chi connectivity index (χ0) is 13.9. The van der Waals surface area contributed by atoms with E-state index in [2.05, 4.69) is 5.32 Å². The van der Waals surface area contributed by atoms with Crippen LogP contribution in [0.5, 0.6) is 5.75 Å². The summed E-state index contributed by atoms with van der Waals surface area (Å²) in [6, 6.07) is 1.25. The number of hydrogen-bond donors (Lipinski definition) is 3. The van der Waals surface area contributed by atoms with Crippen molar-refractivity contribution in [3.05, 3.63) is 22.7 Å². The van der Waals surface area contributed by atoms with E-state index in [1.807, 2.05) is 0 Å². The molecule has 0 spiro atoms. The number of phenols is 1. The number of nitrogens with one attached hydrogen (secondary N) is 1. The molecule has 0 aliphatic heterocycles. The summed E-state index contributed by atoms with van der Waals surface area (Å²) < 4.78 is 37.2. The number of hydrogen-bond acceptors (Lipinski definition) is 3. The van der Waals surface area contributed by atoms with Gasteiger partial charge >= 0.3 is 6.18 Å². The number of phenolic OH excluding ortho intramolecular Hbond substituents is 1. The number of benzene rings is 1. The van der Waals surface area contributed by atoms with Crippen molar-refractivity contribution in [3.8, 4) is 5.75 Å². The zero-order valence-electron chi connectivity index (χ0n) is 8.93. The van der Waals surface area contributed by atoms with Gasteiger partial charge in [0, 0.05) is 6.54 Å². The number of anilines is 1. The van der Waals surface area contributed by atoms with Gasteiger partial charge in [-0.2, -0.15) is 13.2 Å². The van der Waals surface area contributed by atoms with Crippen molar-refractivity contribution >= 4 is 28.9 Å². The molecule has 102 valence electrons. The molecule has 3 N–H and O–H groups in total. The number of aliphatic hydroxyl groups is 1. The quantitative estimate of drug-likeness (QED) is 0.592. The van der Waals surface area contributed by atoms with E-state index in [9.17, 15) is 23.4 Å². The average Bonchev–Trinajstić information content (AvgIpc) is 2.26. The van der Waals surface area contributed by atoms with Crippen LogP contribution >= 0.6 is 23.2 Å². The molecule has 18 heavy (non-hydrogen) atoms. The Kier molecular flexibility index (Phi) is 4.95. The smallest absolute Gasteiger partial charge is 0.416 e. The van der Waals surface area contributed by atoms with Gasteiger partial charge in [0.05, 0.1) is 28.3 Å². The number of aromatic hydroxyl groups is 1. The van der Waals surface area contributed by atoms with Gasteiger partial charge in [-0.25, -0.2) is 0 Å². The molecule has 1 rings (SSSR count). The van der Waals surface area contributed by atoms with E-state index >= 15 is 0 Å². The van der Waals surface area contributed by atoms with Crippen molar-refractivity contribution in [1.29, 1.82) is 0 Å². The second-order valence-corrected chi connectivity index (χ2v) is 4.25. The van der Waals surface area contributed by atoms with Gasteiger partial charge in [-0.15, -0.1) is 11.6 Å². The number of alkyl halides is 4. The molecule has 3 nitrogen and oxygen atoms in total. The Morgan fingerprint density at radius 2 is 1.94 bits per heavy atom. The van der Waals surface area contributed by atoms with Crippen molar-refractivity contribution in [2.45, 2.75) is 12.3 Å². The van der Waals surface area contributed by atoms with Crippen molar-refractivity contribution in [1.82, 2.24) is 0 Å². The van der Waals surface area contributed by atoms with Gasteiger partial charge in [0.15, 0.2) is 0 Å². The molecule has 8 heteroatoms. The van der Waals surface area contributed by atoms with E-state index in [0.29, 0.717) is 12.1 Å². The predicted octanol–water partition coefficient (Wildman–Crippen LogP) is 3.08. The van der Waals surface area contributed by atoms with E-state index in [-0.39, 0.29) is 23.1 Å². The van der Waals surface area contributed by atoms with Crippen LogP contribution in [-0.2, 0) is 6.18 Å². The van der Waals surface area contributed by atoms with Crippen LogP contribution in [0.15, 0.2) is 12.1 Å². The summed E-state index contributed by atoms with van der Waals surface area (Å²) in [5.41, 5.74) is -1.12. The summed E-state index contributed by atoms with van der Waals surface area (Å²) >= 11 is 11.0. The van der Waals surface area contributed by atoms with Crippen LogP contribution in [-0.4, -0.2) is 28.7 Å². The summed E-state index contributed by atoms with van der Waals surface area (Å²) in [6.07, 6.45) is -5.49. The van der Waals surface area contributed by atoms with Gasteiger partial charge in [0.25, 0.3) is 0 Å². The molecule has 0 saturated carbocycles. The van der Waals surface area contributed by atoms with Crippen molar-refractivity contribution in [3.63, 3.8) is 0 Å². The second-order valence-electron chi connectivity index (χ2n) is 3.54. The van der Waals surface area contributed by atoms with E-state index in [1.54, 1.807) is 0 Å². The first kappa shape index (κ1) is 15.2. The third-order valence-electron chi connectivity index (χ3n) is 2.09. The maximum absolute atomic E-state index is 12.4. The Morgan fingerprint density at radius 1 is 1.33 bits per heavy atom. The molecule has 0 aromatic heterocycles. The molecule has 0 amide bonds. The van der Waals surface area contributed by atoms with E-state index in [1.165, 1.54) is 0 Å². The highest BCUT2D eigenvalue weighted by Gasteiger charge is 2.32. The standard InChI is InChI=1S/C10H10Cl2F3NO2/c11-3-6(17)4-16-9-7(12)1-5(2-8(9)18)10(13,14)15/h1-2,6,16-18H,3-4H2. The molecular weight excluding hydrogens is 294 g/mol. The van der Waals surface area contributed by atoms with Crippen molar-refractivity contribution in [2.75, 3.05) is 17.7 Å². The molecule has 0 heterocycles. The van der Waals surface area contributed by atoms with Crippen LogP contribution in [0.25, 0.3) is 0 Å². The predicted molar refractivity (Wildman–Crippen MR) is 63.3 cm³/mol. The third-order valence-corrected chi connectivity index (χ3v) is 2.74. The Bertz CT molecular complexity index is 403. The first-order valence-electron chi connectivity index (χ1n) is 4.83.